The molecule has 0 spiro atoms. The predicted octanol–water partition coefficient (Wildman–Crippen LogP) is 3.15. The van der Waals surface area contributed by atoms with Crippen LogP contribution < -0.4 is 0 Å². The number of rotatable bonds is 7. The van der Waals surface area contributed by atoms with E-state index < -0.39 is 0 Å². The fraction of sp³-hybridized carbons (Fsp3) is 0.625. The largest absolute Gasteiger partial charge is 0.308 e. The van der Waals surface area contributed by atoms with Crippen molar-refractivity contribution in [1.82, 2.24) is 9.80 Å². The Morgan fingerprint density at radius 3 is 2.68 bits per heavy atom. The first-order chi connectivity index (χ1) is 9.20. The Bertz CT molecular complexity index is 392. The Balaban J connectivity index is 1.94. The topological polar surface area (TPSA) is 6.48 Å². The molecule has 1 heterocycles. The zero-order valence-corrected chi connectivity index (χ0v) is 13.2. The van der Waals surface area contributed by atoms with Gasteiger partial charge in [-0.25, -0.2) is 0 Å². The van der Waals surface area contributed by atoms with Gasteiger partial charge < -0.3 is 9.80 Å². The number of benzene rings is 1. The van der Waals surface area contributed by atoms with Crippen LogP contribution in [-0.4, -0.2) is 55.8 Å². The van der Waals surface area contributed by atoms with Gasteiger partial charge in [0.15, 0.2) is 0 Å². The summed E-state index contributed by atoms with van der Waals surface area (Å²) < 4.78 is 0. The minimum Gasteiger partial charge on any atom is -0.308 e. The van der Waals surface area contributed by atoms with Crippen molar-refractivity contribution in [3.8, 4) is 0 Å². The van der Waals surface area contributed by atoms with Gasteiger partial charge in [-0.3, -0.25) is 0 Å². The number of nitrogens with zero attached hydrogens (tertiary/aromatic N) is 2. The SMILES string of the molecule is CCCN(CCN(C)C)CC1CSc2ccccc21. The third-order valence-corrected chi connectivity index (χ3v) is 4.93. The molecule has 0 bridgehead atoms. The zero-order chi connectivity index (χ0) is 13.7. The molecule has 1 aromatic rings. The highest BCUT2D eigenvalue weighted by molar-refractivity contribution is 7.99. The number of fused-ring (bicyclic) bond motifs is 1. The molecule has 0 aliphatic carbocycles. The average Bonchev–Trinajstić information content (AvgIpc) is 2.80. The first kappa shape index (κ1) is 14.9. The molecular weight excluding hydrogens is 252 g/mol. The van der Waals surface area contributed by atoms with E-state index in [1.54, 1.807) is 5.56 Å². The van der Waals surface area contributed by atoms with E-state index >= 15 is 0 Å². The fourth-order valence-corrected chi connectivity index (χ4v) is 3.89. The highest BCUT2D eigenvalue weighted by Crippen LogP contribution is 2.39. The van der Waals surface area contributed by atoms with Crippen LogP contribution in [0.4, 0.5) is 0 Å². The molecule has 0 aromatic heterocycles. The van der Waals surface area contributed by atoms with Crippen LogP contribution in [0.3, 0.4) is 0 Å². The van der Waals surface area contributed by atoms with Gasteiger partial charge in [-0.05, 0) is 38.7 Å². The Labute approximate surface area is 122 Å². The van der Waals surface area contributed by atoms with Crippen molar-refractivity contribution in [2.24, 2.45) is 0 Å². The van der Waals surface area contributed by atoms with Crippen LogP contribution in [0.25, 0.3) is 0 Å². The second-order valence-electron chi connectivity index (χ2n) is 5.65. The van der Waals surface area contributed by atoms with Crippen LogP contribution in [0.5, 0.6) is 0 Å². The summed E-state index contributed by atoms with van der Waals surface area (Å²) in [6, 6.07) is 8.92. The van der Waals surface area contributed by atoms with Gasteiger partial charge in [-0.15, -0.1) is 11.8 Å². The predicted molar refractivity (Wildman–Crippen MR) is 85.2 cm³/mol. The van der Waals surface area contributed by atoms with E-state index in [4.69, 9.17) is 0 Å². The van der Waals surface area contributed by atoms with E-state index in [0.717, 1.165) is 12.5 Å². The Hall–Kier alpha value is -0.510. The molecule has 1 atom stereocenters. The number of thioether (sulfide) groups is 1. The molecule has 0 saturated carbocycles. The first-order valence-electron chi connectivity index (χ1n) is 7.29. The standard InChI is InChI=1S/C16H26N2S/c1-4-9-18(11-10-17(2)3)12-14-13-19-16-8-6-5-7-15(14)16/h5-8,14H,4,9-13H2,1-3H3. The Morgan fingerprint density at radius 1 is 1.16 bits per heavy atom. The van der Waals surface area contributed by atoms with Gasteiger partial charge in [-0.2, -0.15) is 0 Å². The minimum absolute atomic E-state index is 0.718. The molecule has 0 fully saturated rings. The van der Waals surface area contributed by atoms with Gasteiger partial charge in [0.05, 0.1) is 0 Å². The molecule has 1 aliphatic rings. The lowest BCUT2D eigenvalue weighted by molar-refractivity contribution is 0.232. The van der Waals surface area contributed by atoms with Crippen molar-refractivity contribution in [1.29, 1.82) is 0 Å². The second kappa shape index (κ2) is 7.32. The van der Waals surface area contributed by atoms with E-state index in [2.05, 4.69) is 55.1 Å². The van der Waals surface area contributed by atoms with Crippen LogP contribution in [0.1, 0.15) is 24.8 Å². The van der Waals surface area contributed by atoms with Gasteiger partial charge in [0.25, 0.3) is 0 Å². The van der Waals surface area contributed by atoms with Gasteiger partial charge in [-0.1, -0.05) is 25.1 Å². The van der Waals surface area contributed by atoms with E-state index in [1.165, 1.54) is 36.7 Å². The van der Waals surface area contributed by atoms with Crippen LogP contribution in [0, 0.1) is 0 Å². The summed E-state index contributed by atoms with van der Waals surface area (Å²) in [4.78, 5) is 6.41. The monoisotopic (exact) mass is 278 g/mol. The van der Waals surface area contributed by atoms with Crippen LogP contribution in [-0.2, 0) is 0 Å². The molecular formula is C16H26N2S. The first-order valence-corrected chi connectivity index (χ1v) is 8.28. The zero-order valence-electron chi connectivity index (χ0n) is 12.4. The van der Waals surface area contributed by atoms with Crippen LogP contribution in [0.2, 0.25) is 0 Å². The highest BCUT2D eigenvalue weighted by atomic mass is 32.2. The third-order valence-electron chi connectivity index (χ3n) is 3.68. The molecule has 2 rings (SSSR count). The maximum atomic E-state index is 2.63. The summed E-state index contributed by atoms with van der Waals surface area (Å²) >= 11 is 2.02. The fourth-order valence-electron chi connectivity index (χ4n) is 2.64. The highest BCUT2D eigenvalue weighted by Gasteiger charge is 2.24. The quantitative estimate of drug-likeness (QED) is 0.756. The van der Waals surface area contributed by atoms with E-state index in [-0.39, 0.29) is 0 Å². The smallest absolute Gasteiger partial charge is 0.0109 e. The molecule has 0 saturated heterocycles. The number of hydrogen-bond acceptors (Lipinski definition) is 3. The van der Waals surface area contributed by atoms with Gasteiger partial charge in [0, 0.05) is 36.2 Å². The second-order valence-corrected chi connectivity index (χ2v) is 6.71. The Kier molecular flexibility index (Phi) is 5.74. The molecule has 1 aromatic carbocycles. The molecule has 106 valence electrons. The number of likely N-dealkylation sites (N-methyl/N-ethyl adjacent to an activating group) is 1. The lowest BCUT2D eigenvalue weighted by Gasteiger charge is -2.26. The van der Waals surface area contributed by atoms with Crippen molar-refractivity contribution in [2.75, 3.05) is 46.0 Å². The summed E-state index contributed by atoms with van der Waals surface area (Å²) in [6.45, 7) is 7.05. The van der Waals surface area contributed by atoms with Crippen molar-refractivity contribution in [3.63, 3.8) is 0 Å². The summed E-state index contributed by atoms with van der Waals surface area (Å²) in [5.74, 6) is 1.97. The van der Waals surface area contributed by atoms with E-state index in [0.29, 0.717) is 0 Å². The maximum Gasteiger partial charge on any atom is 0.0109 e. The summed E-state index contributed by atoms with van der Waals surface area (Å²) in [6.07, 6.45) is 1.24. The summed E-state index contributed by atoms with van der Waals surface area (Å²) in [7, 11) is 4.32. The Morgan fingerprint density at radius 2 is 1.95 bits per heavy atom. The summed E-state index contributed by atoms with van der Waals surface area (Å²) in [5.41, 5.74) is 1.57. The summed E-state index contributed by atoms with van der Waals surface area (Å²) in [5, 5.41) is 0. The molecule has 1 aliphatic heterocycles. The van der Waals surface area contributed by atoms with Gasteiger partial charge in [0.2, 0.25) is 0 Å². The van der Waals surface area contributed by atoms with Crippen molar-refractivity contribution < 1.29 is 0 Å². The lowest BCUT2D eigenvalue weighted by Crippen LogP contribution is -2.35. The van der Waals surface area contributed by atoms with Crippen LogP contribution >= 0.6 is 11.8 Å². The van der Waals surface area contributed by atoms with Crippen molar-refractivity contribution in [3.05, 3.63) is 29.8 Å². The molecule has 3 heteroatoms. The molecule has 2 nitrogen and oxygen atoms in total. The molecule has 0 N–H and O–H groups in total. The minimum atomic E-state index is 0.718. The normalized spacial score (nSPS) is 18.3. The van der Waals surface area contributed by atoms with Gasteiger partial charge >= 0.3 is 0 Å². The van der Waals surface area contributed by atoms with E-state index in [9.17, 15) is 0 Å². The van der Waals surface area contributed by atoms with E-state index in [1.807, 2.05) is 11.8 Å². The third kappa shape index (κ3) is 4.23. The van der Waals surface area contributed by atoms with Crippen molar-refractivity contribution in [2.45, 2.75) is 24.2 Å². The van der Waals surface area contributed by atoms with Crippen LogP contribution in [0.15, 0.2) is 29.2 Å². The molecule has 1 unspecified atom stereocenters. The van der Waals surface area contributed by atoms with Gasteiger partial charge in [0.1, 0.15) is 0 Å². The molecule has 0 radical (unpaired) electrons. The average molecular weight is 278 g/mol. The number of hydrogen-bond donors (Lipinski definition) is 0. The maximum absolute atomic E-state index is 2.63. The van der Waals surface area contributed by atoms with Crippen molar-refractivity contribution >= 4 is 11.8 Å². The molecule has 0 amide bonds. The lowest BCUT2D eigenvalue weighted by atomic mass is 10.0. The molecule has 19 heavy (non-hydrogen) atoms.